The molecular formula is C15H15ClFN3O. The van der Waals surface area contributed by atoms with Gasteiger partial charge in [-0.2, -0.15) is 5.26 Å². The van der Waals surface area contributed by atoms with Crippen molar-refractivity contribution in [2.24, 2.45) is 0 Å². The summed E-state index contributed by atoms with van der Waals surface area (Å²) in [4.78, 5) is 13.9. The van der Waals surface area contributed by atoms with Crippen LogP contribution in [-0.4, -0.2) is 23.9 Å². The van der Waals surface area contributed by atoms with Crippen molar-refractivity contribution in [2.75, 3.05) is 18.4 Å². The van der Waals surface area contributed by atoms with Crippen molar-refractivity contribution in [3.05, 3.63) is 40.8 Å². The lowest BCUT2D eigenvalue weighted by atomic mass is 10.1. The minimum absolute atomic E-state index is 0.0192. The van der Waals surface area contributed by atoms with Crippen LogP contribution in [-0.2, 0) is 4.79 Å². The zero-order chi connectivity index (χ0) is 15.2. The van der Waals surface area contributed by atoms with Crippen LogP contribution < -0.4 is 5.32 Å². The molecule has 6 heteroatoms. The van der Waals surface area contributed by atoms with Crippen molar-refractivity contribution in [3.8, 4) is 6.07 Å². The SMILES string of the molecule is N#C/C(=C/Nc1ccc(F)c(Cl)c1)C(=O)N1CCCCC1. The number of nitrogens with zero attached hydrogens (tertiary/aromatic N) is 2. The van der Waals surface area contributed by atoms with Crippen molar-refractivity contribution in [2.45, 2.75) is 19.3 Å². The van der Waals surface area contributed by atoms with Crippen LogP contribution in [0.4, 0.5) is 10.1 Å². The summed E-state index contributed by atoms with van der Waals surface area (Å²) in [7, 11) is 0. The maximum atomic E-state index is 13.0. The number of anilines is 1. The number of rotatable bonds is 3. The van der Waals surface area contributed by atoms with E-state index in [0.29, 0.717) is 18.8 Å². The standard InChI is InChI=1S/C15H15ClFN3O/c16-13-8-12(4-5-14(13)17)19-10-11(9-18)15(21)20-6-2-1-3-7-20/h4-5,8,10,19H,1-3,6-7H2/b11-10-. The largest absolute Gasteiger partial charge is 0.360 e. The molecule has 1 aromatic carbocycles. The molecule has 0 spiro atoms. The van der Waals surface area contributed by atoms with Gasteiger partial charge >= 0.3 is 0 Å². The molecule has 1 aromatic rings. The summed E-state index contributed by atoms with van der Waals surface area (Å²) in [6.45, 7) is 1.36. The number of carbonyl (C=O) groups is 1. The third-order valence-electron chi connectivity index (χ3n) is 3.30. The monoisotopic (exact) mass is 307 g/mol. The van der Waals surface area contributed by atoms with Gasteiger partial charge < -0.3 is 10.2 Å². The van der Waals surface area contributed by atoms with Gasteiger partial charge in [0.05, 0.1) is 5.02 Å². The highest BCUT2D eigenvalue weighted by Crippen LogP contribution is 2.19. The lowest BCUT2D eigenvalue weighted by molar-refractivity contribution is -0.127. The van der Waals surface area contributed by atoms with E-state index in [1.54, 1.807) is 4.90 Å². The second-order valence-electron chi connectivity index (χ2n) is 4.80. The molecular weight excluding hydrogens is 293 g/mol. The second-order valence-corrected chi connectivity index (χ2v) is 5.20. The Bertz CT molecular complexity index is 603. The van der Waals surface area contributed by atoms with Gasteiger partial charge in [-0.1, -0.05) is 11.6 Å². The molecule has 21 heavy (non-hydrogen) atoms. The summed E-state index contributed by atoms with van der Waals surface area (Å²) in [6.07, 6.45) is 4.37. The van der Waals surface area contributed by atoms with Gasteiger partial charge in [0.2, 0.25) is 0 Å². The number of likely N-dealkylation sites (tertiary alicyclic amines) is 1. The molecule has 110 valence electrons. The molecule has 0 aromatic heterocycles. The molecule has 0 saturated carbocycles. The first-order valence-electron chi connectivity index (χ1n) is 6.73. The Hall–Kier alpha value is -2.06. The quantitative estimate of drug-likeness (QED) is 0.688. The average molecular weight is 308 g/mol. The number of piperidine rings is 1. The Morgan fingerprint density at radius 3 is 2.71 bits per heavy atom. The van der Waals surface area contributed by atoms with Gasteiger partial charge in [-0.05, 0) is 37.5 Å². The molecule has 4 nitrogen and oxygen atoms in total. The zero-order valence-electron chi connectivity index (χ0n) is 11.4. The second kappa shape index (κ2) is 7.09. The normalized spacial score (nSPS) is 15.5. The molecule has 0 atom stereocenters. The van der Waals surface area contributed by atoms with Crippen molar-refractivity contribution in [1.82, 2.24) is 4.90 Å². The summed E-state index contributed by atoms with van der Waals surface area (Å²) in [6, 6.07) is 6.00. The van der Waals surface area contributed by atoms with Gasteiger partial charge in [-0.3, -0.25) is 4.79 Å². The van der Waals surface area contributed by atoms with Gasteiger partial charge in [0.1, 0.15) is 17.5 Å². The Labute approximate surface area is 127 Å². The third kappa shape index (κ3) is 3.96. The van der Waals surface area contributed by atoms with E-state index in [4.69, 9.17) is 16.9 Å². The van der Waals surface area contributed by atoms with Crippen LogP contribution in [0.3, 0.4) is 0 Å². The molecule has 1 amide bonds. The maximum Gasteiger partial charge on any atom is 0.266 e. The number of amides is 1. The van der Waals surface area contributed by atoms with Crippen molar-refractivity contribution >= 4 is 23.2 Å². The fourth-order valence-corrected chi connectivity index (χ4v) is 2.33. The van der Waals surface area contributed by atoms with Gasteiger partial charge in [-0.25, -0.2) is 4.39 Å². The average Bonchev–Trinajstić information content (AvgIpc) is 2.52. The van der Waals surface area contributed by atoms with Crippen LogP contribution in [0.2, 0.25) is 5.02 Å². The minimum Gasteiger partial charge on any atom is -0.360 e. The fourth-order valence-electron chi connectivity index (χ4n) is 2.15. The van der Waals surface area contributed by atoms with Crippen LogP contribution in [0, 0.1) is 17.1 Å². The van der Waals surface area contributed by atoms with E-state index < -0.39 is 5.82 Å². The molecule has 0 unspecified atom stereocenters. The minimum atomic E-state index is -0.518. The number of nitriles is 1. The van der Waals surface area contributed by atoms with E-state index >= 15 is 0 Å². The first-order chi connectivity index (χ1) is 10.1. The molecule has 1 fully saturated rings. The number of hydrogen-bond donors (Lipinski definition) is 1. The topological polar surface area (TPSA) is 56.1 Å². The molecule has 2 rings (SSSR count). The summed E-state index contributed by atoms with van der Waals surface area (Å²) in [5.41, 5.74) is 0.540. The summed E-state index contributed by atoms with van der Waals surface area (Å²) < 4.78 is 13.0. The smallest absolute Gasteiger partial charge is 0.266 e. The van der Waals surface area contributed by atoms with E-state index in [1.807, 2.05) is 6.07 Å². The molecule has 1 N–H and O–H groups in total. The summed E-state index contributed by atoms with van der Waals surface area (Å²) in [5.74, 6) is -0.797. The predicted molar refractivity (Wildman–Crippen MR) is 79.2 cm³/mol. The number of nitrogens with one attached hydrogen (secondary N) is 1. The lowest BCUT2D eigenvalue weighted by Crippen LogP contribution is -2.36. The van der Waals surface area contributed by atoms with Crippen LogP contribution in [0.1, 0.15) is 19.3 Å². The predicted octanol–water partition coefficient (Wildman–Crippen LogP) is 3.31. The van der Waals surface area contributed by atoms with E-state index in [1.165, 1.54) is 24.4 Å². The Kier molecular flexibility index (Phi) is 5.18. The summed E-state index contributed by atoms with van der Waals surface area (Å²) >= 11 is 5.67. The summed E-state index contributed by atoms with van der Waals surface area (Å²) in [5, 5.41) is 11.9. The first kappa shape index (κ1) is 15.3. The highest BCUT2D eigenvalue weighted by atomic mass is 35.5. The number of hydrogen-bond acceptors (Lipinski definition) is 3. The number of benzene rings is 1. The fraction of sp³-hybridized carbons (Fsp3) is 0.333. The van der Waals surface area contributed by atoms with Crippen molar-refractivity contribution in [1.29, 1.82) is 5.26 Å². The molecule has 1 aliphatic heterocycles. The van der Waals surface area contributed by atoms with Gasteiger partial charge in [0.15, 0.2) is 0 Å². The van der Waals surface area contributed by atoms with E-state index in [0.717, 1.165) is 19.3 Å². The first-order valence-corrected chi connectivity index (χ1v) is 7.11. The zero-order valence-corrected chi connectivity index (χ0v) is 12.2. The highest BCUT2D eigenvalue weighted by Gasteiger charge is 2.20. The van der Waals surface area contributed by atoms with E-state index in [9.17, 15) is 9.18 Å². The Morgan fingerprint density at radius 1 is 1.38 bits per heavy atom. The highest BCUT2D eigenvalue weighted by molar-refractivity contribution is 6.31. The van der Waals surface area contributed by atoms with Crippen LogP contribution in [0.25, 0.3) is 0 Å². The maximum absolute atomic E-state index is 13.0. The van der Waals surface area contributed by atoms with Crippen LogP contribution in [0.5, 0.6) is 0 Å². The lowest BCUT2D eigenvalue weighted by Gasteiger charge is -2.26. The third-order valence-corrected chi connectivity index (χ3v) is 3.59. The Balaban J connectivity index is 2.07. The van der Waals surface area contributed by atoms with Crippen LogP contribution >= 0.6 is 11.6 Å². The van der Waals surface area contributed by atoms with Gasteiger partial charge in [0, 0.05) is 25.0 Å². The van der Waals surface area contributed by atoms with Gasteiger partial charge in [0.25, 0.3) is 5.91 Å². The number of carbonyl (C=O) groups excluding carboxylic acids is 1. The van der Waals surface area contributed by atoms with Crippen molar-refractivity contribution < 1.29 is 9.18 Å². The molecule has 0 aliphatic carbocycles. The number of halogens is 2. The molecule has 1 saturated heterocycles. The van der Waals surface area contributed by atoms with Gasteiger partial charge in [-0.15, -0.1) is 0 Å². The van der Waals surface area contributed by atoms with Crippen molar-refractivity contribution in [3.63, 3.8) is 0 Å². The van der Waals surface area contributed by atoms with Crippen LogP contribution in [0.15, 0.2) is 30.0 Å². The van der Waals surface area contributed by atoms with E-state index in [-0.39, 0.29) is 16.5 Å². The molecule has 0 radical (unpaired) electrons. The molecule has 0 bridgehead atoms. The molecule has 1 heterocycles. The Morgan fingerprint density at radius 2 is 2.10 bits per heavy atom. The molecule has 1 aliphatic rings. The van der Waals surface area contributed by atoms with E-state index in [2.05, 4.69) is 5.32 Å².